The van der Waals surface area contributed by atoms with E-state index in [0.717, 1.165) is 10.5 Å². The molecule has 6 nitrogen and oxygen atoms in total. The lowest BCUT2D eigenvalue weighted by molar-refractivity contribution is -0.134. The van der Waals surface area contributed by atoms with Crippen molar-refractivity contribution in [1.82, 2.24) is 15.5 Å². The summed E-state index contributed by atoms with van der Waals surface area (Å²) in [4.78, 5) is 38.1. The zero-order valence-electron chi connectivity index (χ0n) is 16.5. The van der Waals surface area contributed by atoms with Gasteiger partial charge in [-0.1, -0.05) is 58.9 Å². The van der Waals surface area contributed by atoms with Crippen LogP contribution in [0.1, 0.15) is 52.7 Å². The average Bonchev–Trinajstić information content (AvgIpc) is 2.76. The maximum Gasteiger partial charge on any atom is 0.325 e. The summed E-state index contributed by atoms with van der Waals surface area (Å²) in [6.07, 6.45) is 0. The number of hydrogen-bond acceptors (Lipinski definition) is 3. The molecule has 1 aliphatic rings. The molecule has 6 heteroatoms. The number of nitrogens with zero attached hydrogens (tertiary/aromatic N) is 1. The first-order chi connectivity index (χ1) is 11.9. The molecule has 2 rings (SSSR count). The van der Waals surface area contributed by atoms with Gasteiger partial charge in [-0.15, -0.1) is 0 Å². The van der Waals surface area contributed by atoms with Crippen molar-refractivity contribution >= 4 is 17.8 Å². The lowest BCUT2D eigenvalue weighted by Crippen LogP contribution is -2.43. The third kappa shape index (κ3) is 4.06. The Bertz CT molecular complexity index is 704. The Morgan fingerprint density at radius 1 is 1.19 bits per heavy atom. The average molecular weight is 359 g/mol. The molecule has 1 saturated heterocycles. The summed E-state index contributed by atoms with van der Waals surface area (Å²) in [5, 5.41) is 5.46. The van der Waals surface area contributed by atoms with Crippen molar-refractivity contribution in [3.63, 3.8) is 0 Å². The zero-order chi connectivity index (χ0) is 19.7. The number of amides is 4. The molecule has 4 amide bonds. The first-order valence-electron chi connectivity index (χ1n) is 8.97. The lowest BCUT2D eigenvalue weighted by atomic mass is 9.84. The van der Waals surface area contributed by atoms with Gasteiger partial charge in [0.15, 0.2) is 0 Å². The van der Waals surface area contributed by atoms with E-state index < -0.39 is 17.5 Å². The Hall–Kier alpha value is -2.37. The van der Waals surface area contributed by atoms with Gasteiger partial charge in [-0.2, -0.15) is 0 Å². The summed E-state index contributed by atoms with van der Waals surface area (Å²) >= 11 is 0. The van der Waals surface area contributed by atoms with Crippen LogP contribution in [0, 0.1) is 5.92 Å². The third-order valence-electron chi connectivity index (χ3n) is 4.61. The molecule has 2 N–H and O–H groups in total. The second-order valence-electron chi connectivity index (χ2n) is 8.47. The fourth-order valence-electron chi connectivity index (χ4n) is 2.86. The third-order valence-corrected chi connectivity index (χ3v) is 4.61. The molecule has 0 saturated carbocycles. The van der Waals surface area contributed by atoms with Gasteiger partial charge in [0.2, 0.25) is 5.91 Å². The van der Waals surface area contributed by atoms with Crippen molar-refractivity contribution in [1.29, 1.82) is 0 Å². The van der Waals surface area contributed by atoms with Crippen molar-refractivity contribution in [3.05, 3.63) is 35.4 Å². The lowest BCUT2D eigenvalue weighted by Gasteiger charge is -2.24. The van der Waals surface area contributed by atoms with E-state index in [0.29, 0.717) is 18.0 Å². The van der Waals surface area contributed by atoms with Gasteiger partial charge in [0.05, 0.1) is 0 Å². The highest BCUT2D eigenvalue weighted by Gasteiger charge is 2.49. The molecule has 1 fully saturated rings. The summed E-state index contributed by atoms with van der Waals surface area (Å²) in [5.74, 6) is -0.450. The SMILES string of the molecule is CC(C)CNC(=O)CN1C(=O)NC(C)(c2ccc(C(C)(C)C)cc2)C1=O. The van der Waals surface area contributed by atoms with Crippen LogP contribution in [0.25, 0.3) is 0 Å². The van der Waals surface area contributed by atoms with E-state index in [1.54, 1.807) is 6.92 Å². The summed E-state index contributed by atoms with van der Waals surface area (Å²) < 4.78 is 0. The zero-order valence-corrected chi connectivity index (χ0v) is 16.5. The van der Waals surface area contributed by atoms with Gasteiger partial charge in [-0.05, 0) is 29.4 Å². The van der Waals surface area contributed by atoms with E-state index in [1.807, 2.05) is 38.1 Å². The standard InChI is InChI=1S/C20H29N3O3/c1-13(2)11-21-16(24)12-23-17(25)20(6,22-18(23)26)15-9-7-14(8-10-15)19(3,4)5/h7-10,13H,11-12H2,1-6H3,(H,21,24)(H,22,26). The monoisotopic (exact) mass is 359 g/mol. The number of carbonyl (C=O) groups excluding carboxylic acids is 3. The molecule has 0 radical (unpaired) electrons. The Labute approximate surface area is 155 Å². The van der Waals surface area contributed by atoms with Crippen LogP contribution in [0.3, 0.4) is 0 Å². The topological polar surface area (TPSA) is 78.5 Å². The molecule has 142 valence electrons. The minimum atomic E-state index is -1.16. The molecule has 26 heavy (non-hydrogen) atoms. The van der Waals surface area contributed by atoms with Crippen LogP contribution in [0.2, 0.25) is 0 Å². The van der Waals surface area contributed by atoms with Gasteiger partial charge >= 0.3 is 6.03 Å². The van der Waals surface area contributed by atoms with Crippen LogP contribution in [0.5, 0.6) is 0 Å². The van der Waals surface area contributed by atoms with Gasteiger partial charge in [0.25, 0.3) is 5.91 Å². The number of imide groups is 1. The van der Waals surface area contributed by atoms with E-state index in [4.69, 9.17) is 0 Å². The number of nitrogens with one attached hydrogen (secondary N) is 2. The van der Waals surface area contributed by atoms with Gasteiger partial charge in [0, 0.05) is 6.54 Å². The van der Waals surface area contributed by atoms with Gasteiger partial charge in [-0.3, -0.25) is 14.5 Å². The predicted octanol–water partition coefficient (Wildman–Crippen LogP) is 2.52. The quantitative estimate of drug-likeness (QED) is 0.793. The van der Waals surface area contributed by atoms with Crippen molar-refractivity contribution in [2.24, 2.45) is 5.92 Å². The van der Waals surface area contributed by atoms with Crippen molar-refractivity contribution in [3.8, 4) is 0 Å². The molecule has 1 aliphatic heterocycles. The second-order valence-corrected chi connectivity index (χ2v) is 8.47. The maximum atomic E-state index is 12.9. The van der Waals surface area contributed by atoms with Crippen LogP contribution in [0.4, 0.5) is 4.79 Å². The van der Waals surface area contributed by atoms with Crippen LogP contribution < -0.4 is 10.6 Å². The number of urea groups is 1. The fourth-order valence-corrected chi connectivity index (χ4v) is 2.86. The maximum absolute atomic E-state index is 12.9. The van der Waals surface area contributed by atoms with Crippen molar-refractivity contribution < 1.29 is 14.4 Å². The highest BCUT2D eigenvalue weighted by atomic mass is 16.2. The summed E-state index contributed by atoms with van der Waals surface area (Å²) in [6, 6.07) is 7.12. The highest BCUT2D eigenvalue weighted by Crippen LogP contribution is 2.31. The fraction of sp³-hybridized carbons (Fsp3) is 0.550. The van der Waals surface area contributed by atoms with Gasteiger partial charge in [-0.25, -0.2) is 4.79 Å². The van der Waals surface area contributed by atoms with E-state index >= 15 is 0 Å². The Balaban J connectivity index is 2.17. The minimum Gasteiger partial charge on any atom is -0.354 e. The summed E-state index contributed by atoms with van der Waals surface area (Å²) in [7, 11) is 0. The largest absolute Gasteiger partial charge is 0.354 e. The highest BCUT2D eigenvalue weighted by molar-refractivity contribution is 6.09. The number of benzene rings is 1. The smallest absolute Gasteiger partial charge is 0.325 e. The van der Waals surface area contributed by atoms with Gasteiger partial charge in [0.1, 0.15) is 12.1 Å². The molecular weight excluding hydrogens is 330 g/mol. The Morgan fingerprint density at radius 3 is 2.27 bits per heavy atom. The molecular formula is C20H29N3O3. The predicted molar refractivity (Wildman–Crippen MR) is 101 cm³/mol. The van der Waals surface area contributed by atoms with Gasteiger partial charge < -0.3 is 10.6 Å². The summed E-state index contributed by atoms with van der Waals surface area (Å²) in [6.45, 7) is 12.2. The number of hydrogen-bond donors (Lipinski definition) is 2. The summed E-state index contributed by atoms with van der Waals surface area (Å²) in [5.41, 5.74) is 0.690. The minimum absolute atomic E-state index is 0.00288. The van der Waals surface area contributed by atoms with Crippen molar-refractivity contribution in [2.45, 2.75) is 52.5 Å². The first kappa shape index (κ1) is 19.9. The molecule has 0 spiro atoms. The molecule has 0 aromatic heterocycles. The van der Waals surface area contributed by atoms with E-state index in [9.17, 15) is 14.4 Å². The normalized spacial score (nSPS) is 20.5. The molecule has 1 aromatic rings. The van der Waals surface area contributed by atoms with E-state index in [1.165, 1.54) is 0 Å². The molecule has 1 atom stereocenters. The first-order valence-corrected chi connectivity index (χ1v) is 8.97. The second kappa shape index (κ2) is 7.09. The van der Waals surface area contributed by atoms with E-state index in [-0.39, 0.29) is 17.9 Å². The van der Waals surface area contributed by atoms with Crippen LogP contribution in [-0.4, -0.2) is 35.8 Å². The number of carbonyl (C=O) groups is 3. The Kier molecular flexibility index (Phi) is 5.44. The molecule has 1 aromatic carbocycles. The molecule has 0 bridgehead atoms. The van der Waals surface area contributed by atoms with Crippen molar-refractivity contribution in [2.75, 3.05) is 13.1 Å². The molecule has 0 aliphatic carbocycles. The number of rotatable bonds is 5. The van der Waals surface area contributed by atoms with Crippen LogP contribution >= 0.6 is 0 Å². The van der Waals surface area contributed by atoms with E-state index in [2.05, 4.69) is 31.4 Å². The van der Waals surface area contributed by atoms with Crippen LogP contribution in [-0.2, 0) is 20.5 Å². The van der Waals surface area contributed by atoms with Crippen LogP contribution in [0.15, 0.2) is 24.3 Å². The molecule has 1 heterocycles. The Morgan fingerprint density at radius 2 is 1.77 bits per heavy atom. The molecule has 1 unspecified atom stereocenters.